The number of hydrogen-bond acceptors (Lipinski definition) is 4. The smallest absolute Gasteiger partial charge is 0.419 e. The summed E-state index contributed by atoms with van der Waals surface area (Å²) in [6.07, 6.45) is 0. The summed E-state index contributed by atoms with van der Waals surface area (Å²) >= 11 is 0. The van der Waals surface area contributed by atoms with E-state index in [0.717, 1.165) is 6.92 Å². The van der Waals surface area contributed by atoms with Crippen LogP contribution >= 0.6 is 0 Å². The van der Waals surface area contributed by atoms with Crippen LogP contribution < -0.4 is 0 Å². The molecule has 0 aromatic carbocycles. The van der Waals surface area contributed by atoms with Crippen LogP contribution in [0, 0.1) is 0 Å². The lowest BCUT2D eigenvalue weighted by molar-refractivity contribution is -0.201. The molecule has 0 heterocycles. The molecule has 0 aliphatic rings. The summed E-state index contributed by atoms with van der Waals surface area (Å²) in [5.74, 6) is -9.20. The number of alkyl halides is 4. The highest BCUT2D eigenvalue weighted by Crippen LogP contribution is 2.39. The van der Waals surface area contributed by atoms with Gasteiger partial charge < -0.3 is 4.74 Å². The molecule has 0 amide bonds. The Labute approximate surface area is 83.1 Å². The summed E-state index contributed by atoms with van der Waals surface area (Å²) in [5.41, 5.74) is 0. The Kier molecular flexibility index (Phi) is 3.72. The minimum Gasteiger partial charge on any atom is -0.464 e. The molecule has 15 heavy (non-hydrogen) atoms. The average Bonchev–Trinajstić information content (AvgIpc) is 2.15. The van der Waals surface area contributed by atoms with Crippen molar-refractivity contribution in [1.29, 1.82) is 0 Å². The molecule has 0 atom stereocenters. The third-order valence-corrected chi connectivity index (χ3v) is 3.38. The highest BCUT2D eigenvalue weighted by molar-refractivity contribution is 7.92. The van der Waals surface area contributed by atoms with Crippen LogP contribution in [0.5, 0.6) is 0 Å². The van der Waals surface area contributed by atoms with Gasteiger partial charge in [0.1, 0.15) is 0 Å². The zero-order valence-corrected chi connectivity index (χ0v) is 8.58. The Hall–Kier alpha value is -0.860. The third-order valence-electron chi connectivity index (χ3n) is 1.58. The minimum absolute atomic E-state index is 0.449. The fraction of sp³-hybridized carbons (Fsp3) is 0.833. The molecule has 0 N–H and O–H groups in total. The van der Waals surface area contributed by atoms with Gasteiger partial charge in [-0.05, 0) is 0 Å². The molecule has 0 rings (SSSR count). The van der Waals surface area contributed by atoms with Gasteiger partial charge in [-0.25, -0.2) is 13.2 Å². The topological polar surface area (TPSA) is 60.4 Å². The van der Waals surface area contributed by atoms with E-state index < -0.39 is 32.7 Å². The predicted molar refractivity (Wildman–Crippen MR) is 41.4 cm³/mol. The molecule has 9 heteroatoms. The highest BCUT2D eigenvalue weighted by Gasteiger charge is 2.70. The molecule has 0 saturated carbocycles. The fourth-order valence-corrected chi connectivity index (χ4v) is 1.46. The maximum atomic E-state index is 12.8. The number of ether oxygens (including phenoxy) is 1. The van der Waals surface area contributed by atoms with Crippen LogP contribution in [0.3, 0.4) is 0 Å². The summed E-state index contributed by atoms with van der Waals surface area (Å²) in [6, 6.07) is 0. The molecule has 0 aliphatic heterocycles. The molecule has 90 valence electrons. The van der Waals surface area contributed by atoms with E-state index in [4.69, 9.17) is 0 Å². The Balaban J connectivity index is 5.48. The van der Waals surface area contributed by atoms with E-state index in [0.29, 0.717) is 7.11 Å². The second-order valence-electron chi connectivity index (χ2n) is 2.49. The second kappa shape index (κ2) is 3.95. The zero-order valence-electron chi connectivity index (χ0n) is 7.76. The van der Waals surface area contributed by atoms with Crippen molar-refractivity contribution in [3.8, 4) is 0 Å². The molecule has 0 fully saturated rings. The third kappa shape index (κ3) is 2.06. The first-order valence-corrected chi connectivity index (χ1v) is 5.26. The lowest BCUT2D eigenvalue weighted by Crippen LogP contribution is -2.53. The number of methoxy groups -OCH3 is 1. The Morgan fingerprint density at radius 1 is 1.27 bits per heavy atom. The van der Waals surface area contributed by atoms with E-state index in [1.54, 1.807) is 0 Å². The van der Waals surface area contributed by atoms with E-state index in [-0.39, 0.29) is 0 Å². The molecule has 4 nitrogen and oxygen atoms in total. The second-order valence-corrected chi connectivity index (χ2v) is 4.81. The summed E-state index contributed by atoms with van der Waals surface area (Å²) < 4.78 is 75.6. The van der Waals surface area contributed by atoms with Crippen molar-refractivity contribution in [2.24, 2.45) is 0 Å². The van der Waals surface area contributed by atoms with Crippen LogP contribution in [0.15, 0.2) is 0 Å². The van der Waals surface area contributed by atoms with E-state index >= 15 is 0 Å². The van der Waals surface area contributed by atoms with Gasteiger partial charge in [0.15, 0.2) is 0 Å². The molecule has 0 aliphatic carbocycles. The number of hydrogen-bond donors (Lipinski definition) is 0. The maximum absolute atomic E-state index is 12.8. The number of esters is 1. The van der Waals surface area contributed by atoms with Gasteiger partial charge >= 0.3 is 17.1 Å². The van der Waals surface area contributed by atoms with Crippen LogP contribution in [-0.2, 0) is 19.4 Å². The van der Waals surface area contributed by atoms with Crippen molar-refractivity contribution >= 4 is 15.8 Å². The van der Waals surface area contributed by atoms with Gasteiger partial charge in [0.2, 0.25) is 9.84 Å². The molecule has 0 unspecified atom stereocenters. The van der Waals surface area contributed by atoms with E-state index in [1.807, 2.05) is 0 Å². The van der Waals surface area contributed by atoms with E-state index in [9.17, 15) is 30.8 Å². The molecular weight excluding hydrogens is 244 g/mol. The standard InChI is InChI=1S/C6H8F4O4S/c1-3-15(12,13)6(9,10)5(7,8)4(11)14-2/h3H2,1-2H3. The van der Waals surface area contributed by atoms with E-state index in [2.05, 4.69) is 4.74 Å². The van der Waals surface area contributed by atoms with Crippen LogP contribution in [0.25, 0.3) is 0 Å². The number of halogens is 4. The molecule has 0 aromatic rings. The number of sulfone groups is 1. The first-order valence-electron chi connectivity index (χ1n) is 3.61. The van der Waals surface area contributed by atoms with Crippen molar-refractivity contribution in [3.05, 3.63) is 0 Å². The molecule has 0 aromatic heterocycles. The van der Waals surface area contributed by atoms with Crippen molar-refractivity contribution in [2.75, 3.05) is 12.9 Å². The summed E-state index contributed by atoms with van der Waals surface area (Å²) in [7, 11) is -4.95. The van der Waals surface area contributed by atoms with Crippen molar-refractivity contribution in [2.45, 2.75) is 18.1 Å². The first-order chi connectivity index (χ1) is 6.54. The fourth-order valence-electron chi connectivity index (χ4n) is 0.624. The number of carbonyl (C=O) groups is 1. The Morgan fingerprint density at radius 2 is 1.67 bits per heavy atom. The van der Waals surface area contributed by atoms with Crippen molar-refractivity contribution in [1.82, 2.24) is 0 Å². The van der Waals surface area contributed by atoms with Gasteiger partial charge in [0.25, 0.3) is 0 Å². The van der Waals surface area contributed by atoms with Crippen molar-refractivity contribution in [3.63, 3.8) is 0 Å². The molecular formula is C6H8F4O4S. The van der Waals surface area contributed by atoms with E-state index in [1.165, 1.54) is 0 Å². The summed E-state index contributed by atoms with van der Waals surface area (Å²) in [6.45, 7) is 0.761. The first kappa shape index (κ1) is 14.1. The number of rotatable bonds is 4. The van der Waals surface area contributed by atoms with Crippen LogP contribution in [0.2, 0.25) is 0 Å². The average molecular weight is 252 g/mol. The minimum atomic E-state index is -5.47. The monoisotopic (exact) mass is 252 g/mol. The molecule has 0 radical (unpaired) electrons. The molecule has 0 saturated heterocycles. The van der Waals surface area contributed by atoms with Gasteiger partial charge in [0.05, 0.1) is 12.9 Å². The lowest BCUT2D eigenvalue weighted by atomic mass is 10.3. The lowest BCUT2D eigenvalue weighted by Gasteiger charge is -2.23. The van der Waals surface area contributed by atoms with Gasteiger partial charge in [-0.2, -0.15) is 17.6 Å². The Bertz CT molecular complexity index is 348. The van der Waals surface area contributed by atoms with Crippen LogP contribution in [0.1, 0.15) is 6.92 Å². The van der Waals surface area contributed by atoms with Crippen molar-refractivity contribution < 1.29 is 35.5 Å². The molecule has 0 bridgehead atoms. The van der Waals surface area contributed by atoms with Crippen LogP contribution in [0.4, 0.5) is 17.6 Å². The predicted octanol–water partition coefficient (Wildman–Crippen LogP) is 0.822. The van der Waals surface area contributed by atoms with Gasteiger partial charge in [-0.1, -0.05) is 6.92 Å². The molecule has 0 spiro atoms. The number of carbonyl (C=O) groups excluding carboxylic acids is 1. The maximum Gasteiger partial charge on any atom is 0.419 e. The van der Waals surface area contributed by atoms with Crippen LogP contribution in [-0.4, -0.2) is 38.4 Å². The largest absolute Gasteiger partial charge is 0.464 e. The quantitative estimate of drug-likeness (QED) is 0.549. The zero-order chi connectivity index (χ0) is 12.5. The van der Waals surface area contributed by atoms with Gasteiger partial charge in [-0.15, -0.1) is 0 Å². The summed E-state index contributed by atoms with van der Waals surface area (Å²) in [4.78, 5) is 10.3. The van der Waals surface area contributed by atoms with Gasteiger partial charge in [-0.3, -0.25) is 0 Å². The normalized spacial score (nSPS) is 13.7. The Morgan fingerprint density at radius 3 is 1.93 bits per heavy atom. The SMILES string of the molecule is CCS(=O)(=O)C(F)(F)C(F)(F)C(=O)OC. The highest BCUT2D eigenvalue weighted by atomic mass is 32.2. The summed E-state index contributed by atoms with van der Waals surface area (Å²) in [5, 5.41) is -5.47. The van der Waals surface area contributed by atoms with Gasteiger partial charge in [0, 0.05) is 0 Å².